The number of rotatable bonds is 5. The molecule has 0 aromatic heterocycles. The molecule has 6 nitrogen and oxygen atoms in total. The van der Waals surface area contributed by atoms with E-state index in [1.54, 1.807) is 25.1 Å². The van der Waals surface area contributed by atoms with Crippen LogP contribution in [0, 0.1) is 22.9 Å². The average Bonchev–Trinajstić information content (AvgIpc) is 2.51. The van der Waals surface area contributed by atoms with E-state index in [4.69, 9.17) is 0 Å². The summed E-state index contributed by atoms with van der Waals surface area (Å²) in [5, 5.41) is 16.0. The zero-order valence-electron chi connectivity index (χ0n) is 12.5. The summed E-state index contributed by atoms with van der Waals surface area (Å²) in [7, 11) is 0. The Kier molecular flexibility index (Phi) is 5.24. The van der Waals surface area contributed by atoms with Gasteiger partial charge in [-0.3, -0.25) is 10.1 Å². The van der Waals surface area contributed by atoms with Crippen molar-refractivity contribution in [2.24, 2.45) is 0 Å². The number of hydrogen-bond acceptors (Lipinski definition) is 3. The first-order chi connectivity index (χ1) is 11.0. The van der Waals surface area contributed by atoms with E-state index < -0.39 is 11.0 Å². The van der Waals surface area contributed by atoms with Gasteiger partial charge in [0, 0.05) is 18.7 Å². The zero-order chi connectivity index (χ0) is 16.8. The molecule has 2 N–H and O–H groups in total. The standard InChI is InChI=1S/C16H16FN3O3/c1-11-2-7-14(20(22)23)10-15(11)19-16(21)18-9-8-12-3-5-13(17)6-4-12/h2-7,10H,8-9H2,1H3,(H2,18,19,21). The van der Waals surface area contributed by atoms with Crippen LogP contribution in [0.25, 0.3) is 0 Å². The van der Waals surface area contributed by atoms with Gasteiger partial charge in [-0.2, -0.15) is 0 Å². The van der Waals surface area contributed by atoms with Gasteiger partial charge in [-0.15, -0.1) is 0 Å². The summed E-state index contributed by atoms with van der Waals surface area (Å²) in [5.41, 5.74) is 1.93. The van der Waals surface area contributed by atoms with Gasteiger partial charge in [0.25, 0.3) is 5.69 Å². The molecule has 2 aromatic carbocycles. The number of nitrogens with one attached hydrogen (secondary N) is 2. The number of hydrogen-bond donors (Lipinski definition) is 2. The quantitative estimate of drug-likeness (QED) is 0.654. The van der Waals surface area contributed by atoms with E-state index >= 15 is 0 Å². The van der Waals surface area contributed by atoms with E-state index in [9.17, 15) is 19.3 Å². The van der Waals surface area contributed by atoms with Crippen molar-refractivity contribution < 1.29 is 14.1 Å². The third kappa shape index (κ3) is 4.77. The molecule has 0 radical (unpaired) electrons. The van der Waals surface area contributed by atoms with E-state index in [0.717, 1.165) is 11.1 Å². The van der Waals surface area contributed by atoms with Crippen LogP contribution < -0.4 is 10.6 Å². The number of urea groups is 1. The number of benzene rings is 2. The lowest BCUT2D eigenvalue weighted by Crippen LogP contribution is -2.30. The minimum absolute atomic E-state index is 0.0859. The Hall–Kier alpha value is -2.96. The number of aryl methyl sites for hydroxylation is 1. The summed E-state index contributed by atoms with van der Waals surface area (Å²) in [4.78, 5) is 22.1. The van der Waals surface area contributed by atoms with Gasteiger partial charge >= 0.3 is 6.03 Å². The SMILES string of the molecule is Cc1ccc([N+](=O)[O-])cc1NC(=O)NCCc1ccc(F)cc1. The molecule has 23 heavy (non-hydrogen) atoms. The third-order valence-corrected chi connectivity index (χ3v) is 3.29. The van der Waals surface area contributed by atoms with Gasteiger partial charge in [0.2, 0.25) is 0 Å². The van der Waals surface area contributed by atoms with Crippen LogP contribution in [0.4, 0.5) is 20.6 Å². The number of nitro groups is 1. The molecule has 0 saturated heterocycles. The maximum absolute atomic E-state index is 12.8. The first-order valence-electron chi connectivity index (χ1n) is 7.00. The van der Waals surface area contributed by atoms with Crippen LogP contribution in [0.15, 0.2) is 42.5 Å². The highest BCUT2D eigenvalue weighted by Crippen LogP contribution is 2.21. The second kappa shape index (κ2) is 7.35. The summed E-state index contributed by atoms with van der Waals surface area (Å²) >= 11 is 0. The van der Waals surface area contributed by atoms with Crippen LogP contribution in [-0.4, -0.2) is 17.5 Å². The van der Waals surface area contributed by atoms with Crippen molar-refractivity contribution >= 4 is 17.4 Å². The molecule has 0 saturated carbocycles. The van der Waals surface area contributed by atoms with Crippen molar-refractivity contribution in [3.05, 3.63) is 69.5 Å². The summed E-state index contributed by atoms with van der Waals surface area (Å²) < 4.78 is 12.8. The second-order valence-corrected chi connectivity index (χ2v) is 5.01. The zero-order valence-corrected chi connectivity index (χ0v) is 12.5. The van der Waals surface area contributed by atoms with Crippen LogP contribution in [-0.2, 0) is 6.42 Å². The molecule has 120 valence electrons. The minimum atomic E-state index is -0.517. The number of non-ortho nitro benzene ring substituents is 1. The normalized spacial score (nSPS) is 10.2. The van der Waals surface area contributed by atoms with Crippen LogP contribution in [0.1, 0.15) is 11.1 Å². The number of nitrogens with zero attached hydrogens (tertiary/aromatic N) is 1. The molecule has 0 aliphatic heterocycles. The van der Waals surface area contributed by atoms with Gasteiger partial charge in [0.15, 0.2) is 0 Å². The van der Waals surface area contributed by atoms with Crippen molar-refractivity contribution in [1.29, 1.82) is 0 Å². The highest BCUT2D eigenvalue weighted by atomic mass is 19.1. The Morgan fingerprint density at radius 2 is 1.91 bits per heavy atom. The molecular weight excluding hydrogens is 301 g/mol. The minimum Gasteiger partial charge on any atom is -0.338 e. The van der Waals surface area contributed by atoms with Gasteiger partial charge in [-0.1, -0.05) is 18.2 Å². The largest absolute Gasteiger partial charge is 0.338 e. The topological polar surface area (TPSA) is 84.3 Å². The molecule has 0 spiro atoms. The number of carbonyl (C=O) groups is 1. The van der Waals surface area contributed by atoms with Crippen LogP contribution >= 0.6 is 0 Å². The first kappa shape index (κ1) is 16.4. The van der Waals surface area contributed by atoms with Crippen LogP contribution in [0.3, 0.4) is 0 Å². The van der Waals surface area contributed by atoms with Crippen molar-refractivity contribution in [1.82, 2.24) is 5.32 Å². The number of carbonyl (C=O) groups excluding carboxylic acids is 1. The van der Waals surface area contributed by atoms with Gasteiger partial charge in [-0.25, -0.2) is 9.18 Å². The molecule has 0 fully saturated rings. The number of halogens is 1. The van der Waals surface area contributed by atoms with E-state index in [0.29, 0.717) is 18.7 Å². The van der Waals surface area contributed by atoms with E-state index in [-0.39, 0.29) is 11.5 Å². The highest BCUT2D eigenvalue weighted by molar-refractivity contribution is 5.90. The lowest BCUT2D eigenvalue weighted by atomic mass is 10.1. The van der Waals surface area contributed by atoms with E-state index in [1.807, 2.05) is 0 Å². The summed E-state index contributed by atoms with van der Waals surface area (Å²) in [6, 6.07) is 9.85. The molecule has 2 amide bonds. The lowest BCUT2D eigenvalue weighted by molar-refractivity contribution is -0.384. The average molecular weight is 317 g/mol. The lowest BCUT2D eigenvalue weighted by Gasteiger charge is -2.10. The predicted molar refractivity (Wildman–Crippen MR) is 85.0 cm³/mol. The summed E-state index contributed by atoms with van der Waals surface area (Å²) in [6.45, 7) is 2.11. The Morgan fingerprint density at radius 1 is 1.22 bits per heavy atom. The molecule has 0 atom stereocenters. The van der Waals surface area contributed by atoms with Gasteiger partial charge < -0.3 is 10.6 Å². The van der Waals surface area contributed by atoms with Gasteiger partial charge in [0.1, 0.15) is 5.82 Å². The molecule has 2 aromatic rings. The molecule has 2 rings (SSSR count). The van der Waals surface area contributed by atoms with Crippen LogP contribution in [0.5, 0.6) is 0 Å². The second-order valence-electron chi connectivity index (χ2n) is 5.01. The predicted octanol–water partition coefficient (Wildman–Crippen LogP) is 3.41. The molecule has 0 heterocycles. The van der Waals surface area contributed by atoms with Crippen molar-refractivity contribution in [2.45, 2.75) is 13.3 Å². The van der Waals surface area contributed by atoms with Crippen LogP contribution in [0.2, 0.25) is 0 Å². The Bertz CT molecular complexity index is 717. The van der Waals surface area contributed by atoms with E-state index in [1.165, 1.54) is 24.3 Å². The molecule has 0 aliphatic rings. The fourth-order valence-electron chi connectivity index (χ4n) is 2.00. The first-order valence-corrected chi connectivity index (χ1v) is 7.00. The maximum Gasteiger partial charge on any atom is 0.319 e. The monoisotopic (exact) mass is 317 g/mol. The Labute approximate surface area is 132 Å². The molecule has 0 unspecified atom stereocenters. The fourth-order valence-corrected chi connectivity index (χ4v) is 2.00. The third-order valence-electron chi connectivity index (χ3n) is 3.29. The van der Waals surface area contributed by atoms with E-state index in [2.05, 4.69) is 10.6 Å². The van der Waals surface area contributed by atoms with Crippen molar-refractivity contribution in [3.63, 3.8) is 0 Å². The molecule has 7 heteroatoms. The van der Waals surface area contributed by atoms with Gasteiger partial charge in [0.05, 0.1) is 10.6 Å². The number of amides is 2. The summed E-state index contributed by atoms with van der Waals surface area (Å²) in [5.74, 6) is -0.305. The smallest absolute Gasteiger partial charge is 0.319 e. The molecule has 0 aliphatic carbocycles. The van der Waals surface area contributed by atoms with Gasteiger partial charge in [-0.05, 0) is 36.6 Å². The molecular formula is C16H16FN3O3. The maximum atomic E-state index is 12.8. The van der Waals surface area contributed by atoms with Crippen molar-refractivity contribution in [3.8, 4) is 0 Å². The fraction of sp³-hybridized carbons (Fsp3) is 0.188. The highest BCUT2D eigenvalue weighted by Gasteiger charge is 2.10. The number of anilines is 1. The Balaban J connectivity index is 1.88. The Morgan fingerprint density at radius 3 is 2.57 bits per heavy atom. The number of nitro benzene ring substituents is 1. The van der Waals surface area contributed by atoms with Crippen molar-refractivity contribution in [2.75, 3.05) is 11.9 Å². The summed E-state index contributed by atoms with van der Waals surface area (Å²) in [6.07, 6.45) is 0.557. The molecule has 0 bridgehead atoms.